The van der Waals surface area contributed by atoms with Crippen molar-refractivity contribution in [2.45, 2.75) is 40.2 Å². The van der Waals surface area contributed by atoms with Gasteiger partial charge < -0.3 is 0 Å². The highest BCUT2D eigenvalue weighted by Gasteiger charge is 2.23. The lowest BCUT2D eigenvalue weighted by Gasteiger charge is -2.05. The first-order chi connectivity index (χ1) is 13.3. The number of carbonyl (C=O) groups excluding carboxylic acids is 1. The number of rotatable bonds is 6. The van der Waals surface area contributed by atoms with Crippen LogP contribution in [0.3, 0.4) is 0 Å². The number of aryl methyl sites for hydroxylation is 1. The fourth-order valence-corrected chi connectivity index (χ4v) is 3.57. The van der Waals surface area contributed by atoms with E-state index in [-0.39, 0.29) is 23.8 Å². The summed E-state index contributed by atoms with van der Waals surface area (Å²) in [5, 5.41) is 27.0. The average molecular weight is 400 g/mol. The number of anilines is 1. The summed E-state index contributed by atoms with van der Waals surface area (Å²) in [5.41, 5.74) is 2.70. The fourth-order valence-electron chi connectivity index (χ4n) is 2.80. The molecule has 9 nitrogen and oxygen atoms in total. The van der Waals surface area contributed by atoms with Gasteiger partial charge in [0.25, 0.3) is 0 Å². The summed E-state index contributed by atoms with van der Waals surface area (Å²) >= 11 is 1.26. The van der Waals surface area contributed by atoms with Crippen molar-refractivity contribution in [3.63, 3.8) is 0 Å². The van der Waals surface area contributed by atoms with Crippen molar-refractivity contribution < 1.29 is 9.72 Å². The number of nitro groups is 1. The van der Waals surface area contributed by atoms with Gasteiger partial charge in [0, 0.05) is 5.56 Å². The molecule has 2 heterocycles. The Morgan fingerprint density at radius 2 is 1.93 bits per heavy atom. The van der Waals surface area contributed by atoms with E-state index in [0.29, 0.717) is 21.8 Å². The molecular weight excluding hydrogens is 380 g/mol. The minimum absolute atomic E-state index is 0.0733. The molecule has 0 aliphatic rings. The van der Waals surface area contributed by atoms with Gasteiger partial charge in [-0.15, -0.1) is 10.2 Å². The van der Waals surface area contributed by atoms with Gasteiger partial charge >= 0.3 is 5.69 Å². The van der Waals surface area contributed by atoms with Crippen LogP contribution < -0.4 is 5.32 Å². The number of hydrogen-bond acceptors (Lipinski definition) is 7. The Balaban J connectivity index is 1.69. The van der Waals surface area contributed by atoms with Gasteiger partial charge in [-0.2, -0.15) is 5.10 Å². The van der Waals surface area contributed by atoms with E-state index < -0.39 is 4.92 Å². The molecule has 0 bridgehead atoms. The first-order valence-electron chi connectivity index (χ1n) is 8.68. The number of benzene rings is 1. The number of carbonyl (C=O) groups is 1. The smallest absolute Gasteiger partial charge is 0.299 e. The number of nitrogens with one attached hydrogen (secondary N) is 1. The number of amides is 1. The summed E-state index contributed by atoms with van der Waals surface area (Å²) in [6.07, 6.45) is 0. The molecule has 0 atom stereocenters. The van der Waals surface area contributed by atoms with E-state index in [2.05, 4.69) is 46.6 Å². The topological polar surface area (TPSA) is 116 Å². The Labute approximate surface area is 165 Å². The van der Waals surface area contributed by atoms with Crippen LogP contribution in [0, 0.1) is 24.0 Å². The maximum Gasteiger partial charge on any atom is 0.312 e. The zero-order valence-corrected chi connectivity index (χ0v) is 16.8. The largest absolute Gasteiger partial charge is 0.312 e. The third-order valence-corrected chi connectivity index (χ3v) is 5.20. The Morgan fingerprint density at radius 1 is 1.25 bits per heavy atom. The van der Waals surface area contributed by atoms with Gasteiger partial charge in [0.05, 0.1) is 4.92 Å². The number of nitrogens with zero attached hydrogens (tertiary/aromatic N) is 5. The molecule has 28 heavy (non-hydrogen) atoms. The predicted molar refractivity (Wildman–Crippen MR) is 106 cm³/mol. The maximum absolute atomic E-state index is 12.3. The SMILES string of the molecule is Cc1nn(CC(=O)Nc2nnc(-c3ccc(C(C)C)cc3)s2)c(C)c1[N+](=O)[O-]. The van der Waals surface area contributed by atoms with Crippen LogP contribution in [-0.4, -0.2) is 30.8 Å². The van der Waals surface area contributed by atoms with Crippen molar-refractivity contribution in [1.82, 2.24) is 20.0 Å². The molecule has 0 radical (unpaired) electrons. The van der Waals surface area contributed by atoms with Gasteiger partial charge in [-0.25, -0.2) is 0 Å². The summed E-state index contributed by atoms with van der Waals surface area (Å²) < 4.78 is 1.31. The highest BCUT2D eigenvalue weighted by molar-refractivity contribution is 7.18. The predicted octanol–water partition coefficient (Wildman–Crippen LogP) is 3.69. The molecule has 1 aromatic carbocycles. The Morgan fingerprint density at radius 3 is 2.50 bits per heavy atom. The Hall–Kier alpha value is -3.14. The number of aromatic nitrogens is 4. The molecule has 146 valence electrons. The van der Waals surface area contributed by atoms with Gasteiger partial charge in [-0.1, -0.05) is 49.4 Å². The van der Waals surface area contributed by atoms with Gasteiger partial charge in [-0.05, 0) is 25.3 Å². The molecule has 0 saturated heterocycles. The van der Waals surface area contributed by atoms with Crippen LogP contribution in [0.2, 0.25) is 0 Å². The zero-order valence-electron chi connectivity index (χ0n) is 16.0. The normalized spacial score (nSPS) is 11.0. The molecule has 1 amide bonds. The third kappa shape index (κ3) is 4.06. The summed E-state index contributed by atoms with van der Waals surface area (Å²) in [6.45, 7) is 7.23. The summed E-state index contributed by atoms with van der Waals surface area (Å²) in [5.74, 6) is 0.0712. The highest BCUT2D eigenvalue weighted by Crippen LogP contribution is 2.28. The fraction of sp³-hybridized carbons (Fsp3) is 0.333. The van der Waals surface area contributed by atoms with Crippen molar-refractivity contribution in [2.75, 3.05) is 5.32 Å². The van der Waals surface area contributed by atoms with Gasteiger partial charge in [-0.3, -0.25) is 24.9 Å². The minimum atomic E-state index is -0.492. The summed E-state index contributed by atoms with van der Waals surface area (Å²) in [7, 11) is 0. The molecule has 0 unspecified atom stereocenters. The molecule has 0 spiro atoms. The molecule has 0 aliphatic carbocycles. The van der Waals surface area contributed by atoms with E-state index in [9.17, 15) is 14.9 Å². The van der Waals surface area contributed by atoms with E-state index in [4.69, 9.17) is 0 Å². The van der Waals surface area contributed by atoms with E-state index >= 15 is 0 Å². The lowest BCUT2D eigenvalue weighted by atomic mass is 10.0. The highest BCUT2D eigenvalue weighted by atomic mass is 32.1. The Kier molecular flexibility index (Phi) is 5.50. The van der Waals surface area contributed by atoms with Gasteiger partial charge in [0.1, 0.15) is 22.9 Å². The standard InChI is InChI=1S/C18H20N6O3S/c1-10(2)13-5-7-14(8-6-13)17-20-21-18(28-17)19-15(25)9-23-12(4)16(24(26)27)11(3)22-23/h5-8,10H,9H2,1-4H3,(H,19,21,25). The average Bonchev–Trinajstić information content (AvgIpc) is 3.19. The van der Waals surface area contributed by atoms with Crippen LogP contribution >= 0.6 is 11.3 Å². The van der Waals surface area contributed by atoms with Gasteiger partial charge in [0.2, 0.25) is 11.0 Å². The molecule has 0 fully saturated rings. The molecule has 0 aliphatic heterocycles. The van der Waals surface area contributed by atoms with E-state index in [1.807, 2.05) is 12.1 Å². The summed E-state index contributed by atoms with van der Waals surface area (Å²) in [4.78, 5) is 22.9. The first kappa shape index (κ1) is 19.6. The van der Waals surface area contributed by atoms with Crippen LogP contribution in [0.5, 0.6) is 0 Å². The van der Waals surface area contributed by atoms with Crippen molar-refractivity contribution in [1.29, 1.82) is 0 Å². The zero-order chi connectivity index (χ0) is 20.4. The lowest BCUT2D eigenvalue weighted by molar-refractivity contribution is -0.386. The summed E-state index contributed by atoms with van der Waals surface area (Å²) in [6, 6.07) is 8.07. The molecular formula is C18H20N6O3S. The van der Waals surface area contributed by atoms with Crippen molar-refractivity contribution in [3.8, 4) is 10.6 Å². The second kappa shape index (κ2) is 7.85. The molecule has 1 N–H and O–H groups in total. The van der Waals surface area contributed by atoms with E-state index in [1.165, 1.54) is 21.6 Å². The van der Waals surface area contributed by atoms with Gasteiger partial charge in [0.15, 0.2) is 0 Å². The van der Waals surface area contributed by atoms with Crippen LogP contribution in [0.4, 0.5) is 10.8 Å². The Bertz CT molecular complexity index is 1020. The molecule has 3 aromatic rings. The maximum atomic E-state index is 12.3. The third-order valence-electron chi connectivity index (χ3n) is 4.31. The van der Waals surface area contributed by atoms with E-state index in [1.54, 1.807) is 13.8 Å². The van der Waals surface area contributed by atoms with E-state index in [0.717, 1.165) is 5.56 Å². The second-order valence-corrected chi connectivity index (χ2v) is 7.65. The quantitative estimate of drug-likeness (QED) is 0.498. The van der Waals surface area contributed by atoms with Crippen molar-refractivity contribution in [2.24, 2.45) is 0 Å². The molecule has 3 rings (SSSR count). The first-order valence-corrected chi connectivity index (χ1v) is 9.50. The van der Waals surface area contributed by atoms with Crippen molar-refractivity contribution in [3.05, 3.63) is 51.3 Å². The van der Waals surface area contributed by atoms with Crippen LogP contribution in [0.1, 0.15) is 36.7 Å². The lowest BCUT2D eigenvalue weighted by Crippen LogP contribution is -2.20. The van der Waals surface area contributed by atoms with Crippen LogP contribution in [0.15, 0.2) is 24.3 Å². The van der Waals surface area contributed by atoms with Crippen molar-refractivity contribution >= 4 is 28.1 Å². The van der Waals surface area contributed by atoms with Crippen LogP contribution in [-0.2, 0) is 11.3 Å². The molecule has 0 saturated carbocycles. The molecule has 10 heteroatoms. The minimum Gasteiger partial charge on any atom is -0.299 e. The number of hydrogen-bond donors (Lipinski definition) is 1. The second-order valence-electron chi connectivity index (χ2n) is 6.67. The monoisotopic (exact) mass is 400 g/mol. The van der Waals surface area contributed by atoms with Crippen LogP contribution in [0.25, 0.3) is 10.6 Å². The molecule has 2 aromatic heterocycles.